The van der Waals surface area contributed by atoms with Gasteiger partial charge >= 0.3 is 0 Å². The van der Waals surface area contributed by atoms with E-state index >= 15 is 0 Å². The molecular weight excluding hydrogens is 207 g/mol. The van der Waals surface area contributed by atoms with Crippen LogP contribution in [0.15, 0.2) is 36.7 Å². The van der Waals surface area contributed by atoms with Crippen molar-refractivity contribution >= 4 is 28.6 Å². The van der Waals surface area contributed by atoms with Crippen LogP contribution in [-0.4, -0.2) is 9.97 Å². The van der Waals surface area contributed by atoms with E-state index in [-0.39, 0.29) is 0 Å². The molecule has 0 unspecified atom stereocenters. The second-order valence-electron chi connectivity index (χ2n) is 2.64. The Morgan fingerprint density at radius 2 is 1.54 bits per heavy atom. The third-order valence-electron chi connectivity index (χ3n) is 1.78. The summed E-state index contributed by atoms with van der Waals surface area (Å²) in [6, 6.07) is 6.98. The van der Waals surface area contributed by atoms with Gasteiger partial charge in [0, 0.05) is 12.4 Å². The van der Waals surface area contributed by atoms with Crippen LogP contribution in [0, 0.1) is 0 Å². The number of aromatic amines is 2. The van der Waals surface area contributed by atoms with Crippen LogP contribution in [0.25, 0.3) is 0 Å². The first kappa shape index (κ1) is 8.67. The minimum absolute atomic E-state index is 0.552. The Bertz CT molecular complexity index is 383. The second-order valence-corrected chi connectivity index (χ2v) is 6.10. The first-order valence-electron chi connectivity index (χ1n) is 3.79. The summed E-state index contributed by atoms with van der Waals surface area (Å²) in [7, 11) is 0. The smallest absolute Gasteiger partial charge is 0.256 e. The van der Waals surface area contributed by atoms with Gasteiger partial charge in [-0.25, -0.2) is 0 Å². The molecule has 0 aromatic carbocycles. The summed E-state index contributed by atoms with van der Waals surface area (Å²) in [6.07, 6.45) is 3.40. The molecule has 13 heavy (non-hydrogen) atoms. The van der Waals surface area contributed by atoms with Crippen molar-refractivity contribution in [2.45, 2.75) is 0 Å². The van der Waals surface area contributed by atoms with E-state index < -0.39 is 6.49 Å². The number of hydrogen-bond acceptors (Lipinski definition) is 1. The van der Waals surface area contributed by atoms with Gasteiger partial charge in [0.2, 0.25) is 0 Å². The lowest BCUT2D eigenvalue weighted by Gasteiger charge is -2.05. The summed E-state index contributed by atoms with van der Waals surface area (Å²) in [5, 5.41) is 0. The molecule has 2 heterocycles. The van der Waals surface area contributed by atoms with Gasteiger partial charge in [-0.2, -0.15) is 0 Å². The first-order chi connectivity index (χ1) is 6.21. The predicted molar refractivity (Wildman–Crippen MR) is 54.3 cm³/mol. The zero-order valence-electron chi connectivity index (χ0n) is 6.70. The van der Waals surface area contributed by atoms with Gasteiger partial charge in [-0.3, -0.25) is 4.57 Å². The number of H-pyrrole nitrogens is 2. The third-order valence-corrected chi connectivity index (χ3v) is 4.67. The van der Waals surface area contributed by atoms with Gasteiger partial charge in [0.1, 0.15) is 0 Å². The molecule has 0 amide bonds. The zero-order valence-corrected chi connectivity index (χ0v) is 8.35. The SMILES string of the molecule is O=P(Cl)(c1ccc[nH]1)c1ccc[nH]1. The zero-order chi connectivity index (χ0) is 9.31. The Morgan fingerprint density at radius 3 is 1.85 bits per heavy atom. The van der Waals surface area contributed by atoms with Crippen LogP contribution in [0.5, 0.6) is 0 Å². The van der Waals surface area contributed by atoms with Crippen LogP contribution in [0.2, 0.25) is 0 Å². The Labute approximate surface area is 80.3 Å². The topological polar surface area (TPSA) is 48.6 Å². The van der Waals surface area contributed by atoms with E-state index in [1.54, 1.807) is 36.7 Å². The van der Waals surface area contributed by atoms with Crippen molar-refractivity contribution in [1.82, 2.24) is 9.97 Å². The highest BCUT2D eigenvalue weighted by molar-refractivity contribution is 8.00. The quantitative estimate of drug-likeness (QED) is 0.736. The Morgan fingerprint density at radius 1 is 1.08 bits per heavy atom. The molecule has 2 N–H and O–H groups in total. The molecule has 0 bridgehead atoms. The molecule has 2 rings (SSSR count). The lowest BCUT2D eigenvalue weighted by atomic mass is 10.7. The molecule has 0 atom stereocenters. The maximum atomic E-state index is 12.0. The molecule has 0 aliphatic rings. The van der Waals surface area contributed by atoms with Crippen LogP contribution >= 0.6 is 17.7 Å². The van der Waals surface area contributed by atoms with Crippen molar-refractivity contribution in [3.8, 4) is 0 Å². The standard InChI is InChI=1S/C8H8ClN2OP/c9-13(12,7-3-1-5-10-7)8-4-2-6-11-8/h1-6,10-11H. The fourth-order valence-corrected chi connectivity index (χ4v) is 3.06. The van der Waals surface area contributed by atoms with Gasteiger partial charge in [0.25, 0.3) is 6.49 Å². The average molecular weight is 215 g/mol. The maximum absolute atomic E-state index is 12.0. The predicted octanol–water partition coefficient (Wildman–Crippen LogP) is 1.81. The van der Waals surface area contributed by atoms with E-state index in [9.17, 15) is 4.57 Å². The van der Waals surface area contributed by atoms with Crippen molar-refractivity contribution in [3.05, 3.63) is 36.7 Å². The van der Waals surface area contributed by atoms with Gasteiger partial charge in [0.15, 0.2) is 0 Å². The molecule has 68 valence electrons. The molecule has 5 heteroatoms. The van der Waals surface area contributed by atoms with Crippen molar-refractivity contribution < 1.29 is 4.57 Å². The van der Waals surface area contributed by atoms with Crippen LogP contribution in [0.3, 0.4) is 0 Å². The Hall–Kier alpha value is -0.920. The minimum Gasteiger partial charge on any atom is -0.358 e. The number of rotatable bonds is 2. The fraction of sp³-hybridized carbons (Fsp3) is 0. The van der Waals surface area contributed by atoms with Crippen molar-refractivity contribution in [1.29, 1.82) is 0 Å². The summed E-state index contributed by atoms with van der Waals surface area (Å²) in [5.74, 6) is 0. The van der Waals surface area contributed by atoms with Gasteiger partial charge in [-0.15, -0.1) is 0 Å². The number of nitrogens with one attached hydrogen (secondary N) is 2. The molecule has 0 spiro atoms. The van der Waals surface area contributed by atoms with Crippen LogP contribution in [-0.2, 0) is 4.57 Å². The minimum atomic E-state index is -2.94. The molecule has 3 nitrogen and oxygen atoms in total. The molecule has 0 saturated heterocycles. The van der Waals surface area contributed by atoms with E-state index in [0.29, 0.717) is 10.9 Å². The normalized spacial score (nSPS) is 11.8. The summed E-state index contributed by atoms with van der Waals surface area (Å²) >= 11 is 5.96. The first-order valence-corrected chi connectivity index (χ1v) is 6.40. The summed E-state index contributed by atoms with van der Waals surface area (Å²) < 4.78 is 12.0. The third kappa shape index (κ3) is 1.45. The molecule has 0 aliphatic heterocycles. The average Bonchev–Trinajstić information content (AvgIpc) is 2.78. The van der Waals surface area contributed by atoms with Crippen molar-refractivity contribution in [3.63, 3.8) is 0 Å². The molecule has 2 aromatic heterocycles. The van der Waals surface area contributed by atoms with Gasteiger partial charge in [-0.1, -0.05) is 0 Å². The molecule has 0 saturated carbocycles. The molecular formula is C8H8ClN2OP. The van der Waals surface area contributed by atoms with Crippen molar-refractivity contribution in [2.75, 3.05) is 0 Å². The number of aromatic nitrogens is 2. The molecule has 0 aliphatic carbocycles. The maximum Gasteiger partial charge on any atom is 0.256 e. The van der Waals surface area contributed by atoms with Gasteiger partial charge in [-0.05, 0) is 35.5 Å². The summed E-state index contributed by atoms with van der Waals surface area (Å²) in [5.41, 5.74) is 1.10. The van der Waals surface area contributed by atoms with Crippen molar-refractivity contribution in [2.24, 2.45) is 0 Å². The van der Waals surface area contributed by atoms with Gasteiger partial charge in [0.05, 0.1) is 10.9 Å². The van der Waals surface area contributed by atoms with E-state index in [4.69, 9.17) is 11.2 Å². The highest BCUT2D eigenvalue weighted by Crippen LogP contribution is 2.47. The largest absolute Gasteiger partial charge is 0.358 e. The monoisotopic (exact) mass is 214 g/mol. The van der Waals surface area contributed by atoms with E-state index in [2.05, 4.69) is 9.97 Å². The van der Waals surface area contributed by atoms with Gasteiger partial charge < -0.3 is 9.97 Å². The number of hydrogen-bond donors (Lipinski definition) is 2. The van der Waals surface area contributed by atoms with Crippen LogP contribution < -0.4 is 10.9 Å². The lowest BCUT2D eigenvalue weighted by molar-refractivity contribution is 0.594. The Kier molecular flexibility index (Phi) is 2.06. The second kappa shape index (κ2) is 3.09. The molecule has 0 radical (unpaired) electrons. The lowest BCUT2D eigenvalue weighted by Crippen LogP contribution is -2.13. The Balaban J connectivity index is 2.49. The van der Waals surface area contributed by atoms with Crippen LogP contribution in [0.1, 0.15) is 0 Å². The van der Waals surface area contributed by atoms with E-state index in [1.807, 2.05) is 0 Å². The molecule has 0 fully saturated rings. The molecule has 2 aromatic rings. The highest BCUT2D eigenvalue weighted by Gasteiger charge is 2.25. The van der Waals surface area contributed by atoms with E-state index in [1.165, 1.54) is 0 Å². The van der Waals surface area contributed by atoms with E-state index in [0.717, 1.165) is 0 Å². The number of halogens is 1. The fourth-order valence-electron chi connectivity index (χ4n) is 1.13. The summed E-state index contributed by atoms with van der Waals surface area (Å²) in [4.78, 5) is 5.70. The summed E-state index contributed by atoms with van der Waals surface area (Å²) in [6.45, 7) is -2.94. The highest BCUT2D eigenvalue weighted by atomic mass is 35.7. The van der Waals surface area contributed by atoms with Crippen LogP contribution in [0.4, 0.5) is 0 Å².